The maximum atomic E-state index is 13.2. The molecule has 2 N–H and O–H groups in total. The lowest BCUT2D eigenvalue weighted by Crippen LogP contribution is -2.48. The van der Waals surface area contributed by atoms with Crippen molar-refractivity contribution in [1.82, 2.24) is 0 Å². The monoisotopic (exact) mass is 463 g/mol. The third-order valence-corrected chi connectivity index (χ3v) is 5.33. The molecule has 2 aromatic rings. The number of benzene rings is 1. The summed E-state index contributed by atoms with van der Waals surface area (Å²) < 4.78 is 21.1. The maximum Gasteiger partial charge on any atom is 0.338 e. The molecule has 3 rings (SSSR count). The first kappa shape index (κ1) is 24.1. The van der Waals surface area contributed by atoms with E-state index in [2.05, 4.69) is 0 Å². The van der Waals surface area contributed by atoms with Crippen LogP contribution in [0.4, 0.5) is 0 Å². The van der Waals surface area contributed by atoms with E-state index in [9.17, 15) is 25.2 Å². The van der Waals surface area contributed by atoms with Crippen molar-refractivity contribution in [2.45, 2.75) is 19.8 Å². The van der Waals surface area contributed by atoms with Crippen LogP contribution < -0.4 is 20.9 Å². The third-order valence-electron chi connectivity index (χ3n) is 5.33. The van der Waals surface area contributed by atoms with E-state index in [1.807, 2.05) is 0 Å². The Labute approximate surface area is 194 Å². The number of ether oxygens (including phenoxy) is 3. The molecule has 2 unspecified atom stereocenters. The summed E-state index contributed by atoms with van der Waals surface area (Å²) in [6, 6.07) is 9.90. The van der Waals surface area contributed by atoms with Crippen molar-refractivity contribution in [3.05, 3.63) is 57.1 Å². The number of rotatable bonds is 6. The Kier molecular flexibility index (Phi) is 7.03. The molecule has 0 aliphatic heterocycles. The number of fused-ring (bicyclic) bond motifs is 1. The van der Waals surface area contributed by atoms with Crippen LogP contribution in [-0.4, -0.2) is 37.4 Å². The molecule has 1 heterocycles. The van der Waals surface area contributed by atoms with Crippen molar-refractivity contribution in [3.63, 3.8) is 0 Å². The Balaban J connectivity index is 2.56. The van der Waals surface area contributed by atoms with Crippen LogP contribution in [0.15, 0.2) is 28.7 Å². The number of hydrogen-bond acceptors (Lipinski definition) is 10. The molecule has 1 aromatic heterocycles. The van der Waals surface area contributed by atoms with E-state index < -0.39 is 46.2 Å². The summed E-state index contributed by atoms with van der Waals surface area (Å²) in [7, 11) is 1.48. The second-order valence-electron chi connectivity index (χ2n) is 7.11. The van der Waals surface area contributed by atoms with Gasteiger partial charge in [0.15, 0.2) is 5.42 Å². The second-order valence-corrected chi connectivity index (χ2v) is 7.11. The number of nitrogens with one attached hydrogen (secondary N) is 1. The zero-order valence-electron chi connectivity index (χ0n) is 18.7. The summed E-state index contributed by atoms with van der Waals surface area (Å²) in [6.07, 6.45) is 0. The number of methoxy groups -OCH3 is 1. The van der Waals surface area contributed by atoms with Crippen molar-refractivity contribution < 1.29 is 33.3 Å². The summed E-state index contributed by atoms with van der Waals surface area (Å²) in [4.78, 5) is 26.2. The molecule has 174 valence electrons. The van der Waals surface area contributed by atoms with Gasteiger partial charge in [-0.1, -0.05) is 12.1 Å². The van der Waals surface area contributed by atoms with E-state index in [4.69, 9.17) is 24.0 Å². The highest BCUT2D eigenvalue weighted by Gasteiger charge is 2.44. The third kappa shape index (κ3) is 3.97. The molecule has 0 radical (unpaired) electrons. The Morgan fingerprint density at radius 2 is 1.71 bits per heavy atom. The number of nitriles is 2. The number of esters is 2. The average Bonchev–Trinajstić information content (AvgIpc) is 2.83. The number of aliphatic hydroxyl groups is 1. The number of carbonyl (C=O) groups excluding carboxylic acids is 2. The maximum absolute atomic E-state index is 13.2. The van der Waals surface area contributed by atoms with Gasteiger partial charge in [0, 0.05) is 5.92 Å². The van der Waals surface area contributed by atoms with E-state index in [0.29, 0.717) is 11.3 Å². The first-order valence-electron chi connectivity index (χ1n) is 10.3. The van der Waals surface area contributed by atoms with Crippen molar-refractivity contribution >= 4 is 23.3 Å². The summed E-state index contributed by atoms with van der Waals surface area (Å²) in [5.74, 6) is -4.42. The van der Waals surface area contributed by atoms with Gasteiger partial charge in [-0.3, -0.25) is 10.2 Å². The van der Waals surface area contributed by atoms with Crippen molar-refractivity contribution in [2.24, 2.45) is 5.92 Å². The Bertz CT molecular complexity index is 1410. The molecule has 1 aromatic carbocycles. The Hall–Kier alpha value is -4.57. The van der Waals surface area contributed by atoms with Crippen LogP contribution in [0.2, 0.25) is 0 Å². The normalized spacial score (nSPS) is 16.6. The summed E-state index contributed by atoms with van der Waals surface area (Å²) in [6.45, 7) is 3.15. The van der Waals surface area contributed by atoms with E-state index in [1.165, 1.54) is 7.11 Å². The second kappa shape index (κ2) is 9.92. The van der Waals surface area contributed by atoms with Crippen LogP contribution in [0.25, 0.3) is 11.3 Å². The van der Waals surface area contributed by atoms with Crippen LogP contribution in [-0.2, 0) is 19.1 Å². The molecule has 1 aliphatic carbocycles. The van der Waals surface area contributed by atoms with Gasteiger partial charge in [0.2, 0.25) is 5.55 Å². The molecule has 34 heavy (non-hydrogen) atoms. The predicted octanol–water partition coefficient (Wildman–Crippen LogP) is 0.868. The average molecular weight is 463 g/mol. The van der Waals surface area contributed by atoms with E-state index in [0.717, 1.165) is 0 Å². The van der Waals surface area contributed by atoms with E-state index >= 15 is 0 Å². The van der Waals surface area contributed by atoms with Crippen molar-refractivity contribution in [2.75, 3.05) is 20.3 Å². The molecular weight excluding hydrogens is 442 g/mol. The molecule has 2 atom stereocenters. The Morgan fingerprint density at radius 3 is 2.24 bits per heavy atom. The van der Waals surface area contributed by atoms with Crippen LogP contribution >= 0.6 is 0 Å². The molecular formula is C24H21N3O7. The van der Waals surface area contributed by atoms with Crippen LogP contribution in [0.5, 0.6) is 5.75 Å². The van der Waals surface area contributed by atoms with Gasteiger partial charge < -0.3 is 23.7 Å². The van der Waals surface area contributed by atoms with Gasteiger partial charge in [0.1, 0.15) is 35.1 Å². The zero-order valence-corrected chi connectivity index (χ0v) is 18.7. The van der Waals surface area contributed by atoms with Gasteiger partial charge >= 0.3 is 11.9 Å². The van der Waals surface area contributed by atoms with Gasteiger partial charge in [-0.25, -0.2) is 4.79 Å². The number of hydrogen-bond donors (Lipinski definition) is 2. The van der Waals surface area contributed by atoms with Gasteiger partial charge in [0.05, 0.1) is 36.7 Å². The fraction of sp³-hybridized carbons (Fsp3) is 0.292. The lowest BCUT2D eigenvalue weighted by atomic mass is 9.75. The highest BCUT2D eigenvalue weighted by molar-refractivity contribution is 6.13. The van der Waals surface area contributed by atoms with Crippen LogP contribution in [0, 0.1) is 34.0 Å². The molecule has 10 heteroatoms. The largest absolute Gasteiger partial charge is 0.511 e. The first-order valence-corrected chi connectivity index (χ1v) is 10.3. The van der Waals surface area contributed by atoms with Gasteiger partial charge in [-0.15, -0.1) is 0 Å². The van der Waals surface area contributed by atoms with Crippen molar-refractivity contribution in [1.29, 1.82) is 15.9 Å². The molecule has 0 amide bonds. The summed E-state index contributed by atoms with van der Waals surface area (Å²) >= 11 is 0. The molecule has 1 aliphatic rings. The first-order chi connectivity index (χ1) is 16.3. The summed E-state index contributed by atoms with van der Waals surface area (Å²) in [5, 5.41) is 38.2. The number of aliphatic hydroxyl groups excluding tert-OH is 1. The molecule has 10 nitrogen and oxygen atoms in total. The van der Waals surface area contributed by atoms with Crippen LogP contribution in [0.1, 0.15) is 36.5 Å². The standard InChI is InChI=1S/C24H21N3O7/c1-4-32-23(29)18-16(12-6-8-13(31-3)9-7-12)19(24(30)33-5-2)21-17(20(18)28)14(10-25)15(11-26)22(27)34-21/h6-9,16,18,27-28H,4-5H2,1-3H3. The molecule has 0 saturated heterocycles. The fourth-order valence-electron chi connectivity index (χ4n) is 3.91. The smallest absolute Gasteiger partial charge is 0.338 e. The van der Waals surface area contributed by atoms with Gasteiger partial charge in [-0.2, -0.15) is 10.5 Å². The molecule has 0 fully saturated rings. The van der Waals surface area contributed by atoms with Crippen LogP contribution in [0.3, 0.4) is 0 Å². The summed E-state index contributed by atoms with van der Waals surface area (Å²) in [5.41, 5.74) is -1.60. The van der Waals surface area contributed by atoms with E-state index in [1.54, 1.807) is 50.3 Å². The predicted molar refractivity (Wildman–Crippen MR) is 115 cm³/mol. The highest BCUT2D eigenvalue weighted by atomic mass is 16.5. The lowest BCUT2D eigenvalue weighted by Gasteiger charge is -2.29. The van der Waals surface area contributed by atoms with E-state index in [-0.39, 0.29) is 29.4 Å². The number of carbonyl (C=O) groups is 2. The minimum absolute atomic E-state index is 0.00979. The lowest BCUT2D eigenvalue weighted by molar-refractivity contribution is -0.146. The van der Waals surface area contributed by atoms with Gasteiger partial charge in [0.25, 0.3) is 0 Å². The quantitative estimate of drug-likeness (QED) is 0.591. The zero-order chi connectivity index (χ0) is 25.0. The molecule has 0 saturated carbocycles. The SMILES string of the molecule is CCOC(=O)C1=c2oc(=N)c(C#N)c(C#N)c2=C(O)C(C(=O)OCC)C1c1ccc(OC)cc1. The Morgan fingerprint density at radius 1 is 1.09 bits per heavy atom. The fourth-order valence-corrected chi connectivity index (χ4v) is 3.91. The minimum Gasteiger partial charge on any atom is -0.511 e. The highest BCUT2D eigenvalue weighted by Crippen LogP contribution is 2.39. The minimum atomic E-state index is -1.45. The molecule has 0 spiro atoms. The topological polar surface area (TPSA) is 167 Å². The number of nitrogens with zero attached hydrogens (tertiary/aromatic N) is 2. The van der Waals surface area contributed by atoms with Gasteiger partial charge in [-0.05, 0) is 31.5 Å². The molecule has 0 bridgehead atoms. The van der Waals surface area contributed by atoms with Crippen molar-refractivity contribution in [3.8, 4) is 17.9 Å².